The van der Waals surface area contributed by atoms with Crippen LogP contribution in [-0.2, 0) is 22.6 Å². The van der Waals surface area contributed by atoms with E-state index >= 15 is 0 Å². The Balaban J connectivity index is 1.40. The first-order valence-electron chi connectivity index (χ1n) is 8.61. The minimum absolute atomic E-state index is 0.184. The highest BCUT2D eigenvalue weighted by Crippen LogP contribution is 2.33. The lowest BCUT2D eigenvalue weighted by Gasteiger charge is -2.31. The van der Waals surface area contributed by atoms with E-state index in [4.69, 9.17) is 9.47 Å². The lowest BCUT2D eigenvalue weighted by molar-refractivity contribution is -0.0563. The average Bonchev–Trinajstić information content (AvgIpc) is 3.19. The Labute approximate surface area is 142 Å². The van der Waals surface area contributed by atoms with Gasteiger partial charge in [0.25, 0.3) is 0 Å². The number of rotatable bonds is 4. The lowest BCUT2D eigenvalue weighted by Crippen LogP contribution is -2.43. The van der Waals surface area contributed by atoms with E-state index in [1.807, 2.05) is 37.1 Å². The van der Waals surface area contributed by atoms with E-state index in [0.717, 1.165) is 51.5 Å². The van der Waals surface area contributed by atoms with E-state index in [1.54, 1.807) is 0 Å². The summed E-state index contributed by atoms with van der Waals surface area (Å²) in [7, 11) is 0. The summed E-state index contributed by atoms with van der Waals surface area (Å²) in [5.74, 6) is 0.512. The molecule has 128 valence electrons. The van der Waals surface area contributed by atoms with Gasteiger partial charge < -0.3 is 14.0 Å². The molecular weight excluding hydrogens is 304 g/mol. The summed E-state index contributed by atoms with van der Waals surface area (Å²) in [6.45, 7) is 5.87. The zero-order valence-electron chi connectivity index (χ0n) is 13.9. The molecule has 2 atom stereocenters. The standard InChI is InChI=1S/C18H24N4O2/c1-2-4-20-17(3-1)11-21-7-8-23-14-18(13-21)9-16(12-24-18)10-22-6-5-19-15-22/h1-6,15-16H,7-14H2. The van der Waals surface area contributed by atoms with Gasteiger partial charge in [0.2, 0.25) is 0 Å². The fourth-order valence-electron chi connectivity index (χ4n) is 3.80. The molecule has 4 heterocycles. The third kappa shape index (κ3) is 3.66. The Morgan fingerprint density at radius 3 is 3.12 bits per heavy atom. The lowest BCUT2D eigenvalue weighted by atomic mass is 9.94. The maximum atomic E-state index is 6.27. The van der Waals surface area contributed by atoms with Crippen molar-refractivity contribution in [1.29, 1.82) is 0 Å². The first-order chi connectivity index (χ1) is 11.8. The molecule has 24 heavy (non-hydrogen) atoms. The van der Waals surface area contributed by atoms with E-state index in [1.165, 1.54) is 0 Å². The third-order valence-electron chi connectivity index (χ3n) is 4.85. The summed E-state index contributed by atoms with van der Waals surface area (Å²) in [4.78, 5) is 11.0. The quantitative estimate of drug-likeness (QED) is 0.853. The zero-order valence-corrected chi connectivity index (χ0v) is 13.9. The molecule has 0 radical (unpaired) electrons. The van der Waals surface area contributed by atoms with Crippen molar-refractivity contribution in [3.8, 4) is 0 Å². The SMILES string of the molecule is c1ccc(CN2CCOCC3(CC(Cn4ccnc4)CO3)C2)nc1. The number of imidazole rings is 1. The molecule has 0 N–H and O–H groups in total. The van der Waals surface area contributed by atoms with Crippen LogP contribution in [0.2, 0.25) is 0 Å². The molecule has 2 unspecified atom stereocenters. The van der Waals surface area contributed by atoms with Crippen LogP contribution in [0.15, 0.2) is 43.1 Å². The van der Waals surface area contributed by atoms with E-state index in [9.17, 15) is 0 Å². The Kier molecular flexibility index (Phi) is 4.60. The number of hydrogen-bond donors (Lipinski definition) is 0. The van der Waals surface area contributed by atoms with Crippen LogP contribution in [0, 0.1) is 5.92 Å². The molecule has 2 fully saturated rings. The molecule has 2 saturated heterocycles. The van der Waals surface area contributed by atoms with Crippen molar-refractivity contribution < 1.29 is 9.47 Å². The van der Waals surface area contributed by atoms with Gasteiger partial charge in [0.15, 0.2) is 0 Å². The first-order valence-corrected chi connectivity index (χ1v) is 8.61. The van der Waals surface area contributed by atoms with Gasteiger partial charge >= 0.3 is 0 Å². The van der Waals surface area contributed by atoms with Crippen molar-refractivity contribution in [3.05, 3.63) is 48.8 Å². The smallest absolute Gasteiger partial charge is 0.104 e. The number of aromatic nitrogens is 3. The van der Waals surface area contributed by atoms with Crippen molar-refractivity contribution >= 4 is 0 Å². The second kappa shape index (κ2) is 7.01. The summed E-state index contributed by atoms with van der Waals surface area (Å²) in [5.41, 5.74) is 0.916. The van der Waals surface area contributed by atoms with E-state index in [0.29, 0.717) is 12.5 Å². The van der Waals surface area contributed by atoms with Crippen molar-refractivity contribution in [2.45, 2.75) is 25.1 Å². The molecular formula is C18H24N4O2. The Hall–Kier alpha value is -1.76. The Morgan fingerprint density at radius 1 is 1.29 bits per heavy atom. The largest absolute Gasteiger partial charge is 0.377 e. The second-order valence-electron chi connectivity index (χ2n) is 6.91. The van der Waals surface area contributed by atoms with Crippen molar-refractivity contribution in [2.75, 3.05) is 32.9 Å². The van der Waals surface area contributed by atoms with Gasteiger partial charge in [0.05, 0.1) is 31.8 Å². The molecule has 0 saturated carbocycles. The molecule has 0 aliphatic carbocycles. The van der Waals surface area contributed by atoms with Gasteiger partial charge in [-0.25, -0.2) is 4.98 Å². The predicted molar refractivity (Wildman–Crippen MR) is 89.4 cm³/mol. The summed E-state index contributed by atoms with van der Waals surface area (Å²) in [6.07, 6.45) is 8.61. The summed E-state index contributed by atoms with van der Waals surface area (Å²) in [5, 5.41) is 0. The van der Waals surface area contributed by atoms with Crippen LogP contribution in [-0.4, -0.2) is 57.9 Å². The molecule has 6 heteroatoms. The summed E-state index contributed by atoms with van der Waals surface area (Å²) >= 11 is 0. The van der Waals surface area contributed by atoms with E-state index in [2.05, 4.69) is 25.5 Å². The molecule has 1 spiro atoms. The van der Waals surface area contributed by atoms with Crippen molar-refractivity contribution in [3.63, 3.8) is 0 Å². The van der Waals surface area contributed by atoms with Gasteiger partial charge in [-0.15, -0.1) is 0 Å². The van der Waals surface area contributed by atoms with Gasteiger partial charge in [0.1, 0.15) is 5.60 Å². The highest BCUT2D eigenvalue weighted by molar-refractivity contribution is 5.04. The highest BCUT2D eigenvalue weighted by atomic mass is 16.5. The molecule has 6 nitrogen and oxygen atoms in total. The van der Waals surface area contributed by atoms with Gasteiger partial charge in [0, 0.05) is 50.7 Å². The first kappa shape index (κ1) is 15.7. The minimum atomic E-state index is -0.184. The second-order valence-corrected chi connectivity index (χ2v) is 6.91. The summed E-state index contributed by atoms with van der Waals surface area (Å²) < 4.78 is 14.3. The fraction of sp³-hybridized carbons (Fsp3) is 0.556. The van der Waals surface area contributed by atoms with Crippen LogP contribution < -0.4 is 0 Å². The highest BCUT2D eigenvalue weighted by Gasteiger charge is 2.43. The number of hydrogen-bond acceptors (Lipinski definition) is 5. The normalized spacial score (nSPS) is 28.2. The number of pyridine rings is 1. The van der Waals surface area contributed by atoms with Gasteiger partial charge in [-0.1, -0.05) is 6.07 Å². The molecule has 2 aliphatic rings. The minimum Gasteiger partial charge on any atom is -0.377 e. The zero-order chi connectivity index (χ0) is 16.2. The van der Waals surface area contributed by atoms with Gasteiger partial charge in [-0.05, 0) is 18.6 Å². The molecule has 0 amide bonds. The number of ether oxygens (including phenoxy) is 2. The fourth-order valence-corrected chi connectivity index (χ4v) is 3.80. The van der Waals surface area contributed by atoms with Crippen LogP contribution in [0.4, 0.5) is 0 Å². The Bertz CT molecular complexity index is 634. The van der Waals surface area contributed by atoms with Crippen LogP contribution in [0.3, 0.4) is 0 Å². The maximum Gasteiger partial charge on any atom is 0.104 e. The van der Waals surface area contributed by atoms with Gasteiger partial charge in [-0.3, -0.25) is 9.88 Å². The third-order valence-corrected chi connectivity index (χ3v) is 4.85. The van der Waals surface area contributed by atoms with Gasteiger partial charge in [-0.2, -0.15) is 0 Å². The monoisotopic (exact) mass is 328 g/mol. The van der Waals surface area contributed by atoms with Crippen LogP contribution in [0.5, 0.6) is 0 Å². The average molecular weight is 328 g/mol. The van der Waals surface area contributed by atoms with Crippen LogP contribution in [0.25, 0.3) is 0 Å². The predicted octanol–water partition coefficient (Wildman–Crippen LogP) is 1.59. The molecule has 0 aromatic carbocycles. The van der Waals surface area contributed by atoms with Crippen molar-refractivity contribution in [1.82, 2.24) is 19.4 Å². The van der Waals surface area contributed by atoms with Crippen LogP contribution >= 0.6 is 0 Å². The van der Waals surface area contributed by atoms with Crippen molar-refractivity contribution in [2.24, 2.45) is 5.92 Å². The Morgan fingerprint density at radius 2 is 2.29 bits per heavy atom. The van der Waals surface area contributed by atoms with E-state index in [-0.39, 0.29) is 5.60 Å². The van der Waals surface area contributed by atoms with Crippen LogP contribution in [0.1, 0.15) is 12.1 Å². The van der Waals surface area contributed by atoms with E-state index < -0.39 is 0 Å². The molecule has 4 rings (SSSR count). The molecule has 0 bridgehead atoms. The maximum absolute atomic E-state index is 6.27. The topological polar surface area (TPSA) is 52.4 Å². The molecule has 2 aliphatic heterocycles. The molecule has 2 aromatic heterocycles. The summed E-state index contributed by atoms with van der Waals surface area (Å²) in [6, 6.07) is 6.08. The number of nitrogens with zero attached hydrogens (tertiary/aromatic N) is 4. The molecule has 2 aromatic rings.